The van der Waals surface area contributed by atoms with Crippen LogP contribution in [0, 0.1) is 16.7 Å². The molecule has 52 heavy (non-hydrogen) atoms. The highest BCUT2D eigenvalue weighted by molar-refractivity contribution is 9.10. The number of hydrogen-bond donors (Lipinski definition) is 6. The number of aromatic nitrogens is 1. The van der Waals surface area contributed by atoms with Gasteiger partial charge < -0.3 is 40.4 Å². The van der Waals surface area contributed by atoms with E-state index < -0.39 is 18.6 Å². The summed E-state index contributed by atoms with van der Waals surface area (Å²) in [5, 5.41) is 52.8. The molecule has 3 aromatic carbocycles. The summed E-state index contributed by atoms with van der Waals surface area (Å²) in [6.45, 7) is 2.94. The number of ether oxygens (including phenoxy) is 2. The van der Waals surface area contributed by atoms with Gasteiger partial charge in [0.1, 0.15) is 36.8 Å². The van der Waals surface area contributed by atoms with E-state index in [0.717, 1.165) is 71.4 Å². The highest BCUT2D eigenvalue weighted by Crippen LogP contribution is 2.37. The normalized spacial score (nSPS) is 14.8. The first-order chi connectivity index (χ1) is 25.2. The van der Waals surface area contributed by atoms with Crippen LogP contribution in [0.1, 0.15) is 40.7 Å². The van der Waals surface area contributed by atoms with Crippen molar-refractivity contribution in [2.75, 3.05) is 38.1 Å². The molecule has 14 heteroatoms. The number of carbonyl (C=O) groups is 1. The molecule has 0 amide bonds. The number of nitriles is 1. The van der Waals surface area contributed by atoms with Gasteiger partial charge >= 0.3 is 5.97 Å². The lowest BCUT2D eigenvalue weighted by Gasteiger charge is -2.19. The van der Waals surface area contributed by atoms with Crippen molar-refractivity contribution in [3.05, 3.63) is 104 Å². The number of likely N-dealkylation sites (tertiary alicyclic amines) is 1. The molecule has 4 aromatic rings. The first-order valence-corrected chi connectivity index (χ1v) is 17.9. The fraction of sp³-hybridized carbons (Fsp3) is 0.316. The molecule has 2 atom stereocenters. The molecule has 0 spiro atoms. The monoisotopic (exact) mass is 790 g/mol. The summed E-state index contributed by atoms with van der Waals surface area (Å²) in [6, 6.07) is 17.5. The number of pyridine rings is 1. The van der Waals surface area contributed by atoms with Crippen molar-refractivity contribution in [2.24, 2.45) is 0 Å². The summed E-state index contributed by atoms with van der Waals surface area (Å²) in [4.78, 5) is 17.8. The number of β-amino-alcohol motifs (C(OH)–C–C–N with tert-alkyl or cyclic N) is 1. The molecule has 0 aliphatic carbocycles. The average molecular weight is 792 g/mol. The number of hydrogen-bond acceptors (Lipinski definition) is 11. The summed E-state index contributed by atoms with van der Waals surface area (Å²) in [5.41, 5.74) is 5.84. The van der Waals surface area contributed by atoms with Gasteiger partial charge in [0.15, 0.2) is 0 Å². The molecule has 0 radical (unpaired) electrons. The molecule has 0 unspecified atom stereocenters. The number of nitrogens with zero attached hydrogens (tertiary/aromatic N) is 3. The summed E-state index contributed by atoms with van der Waals surface area (Å²) in [5.74, 6) is -0.442. The Bertz CT molecular complexity index is 1920. The minimum Gasteiger partial charge on any atom is -0.487 e. The number of aliphatic hydroxyl groups excluding tert-OH is 2. The second kappa shape index (κ2) is 18.8. The summed E-state index contributed by atoms with van der Waals surface area (Å²) in [7, 11) is 0. The van der Waals surface area contributed by atoms with Gasteiger partial charge in [0.05, 0.1) is 29.5 Å². The van der Waals surface area contributed by atoms with Crippen molar-refractivity contribution in [1.29, 1.82) is 10.7 Å². The minimum atomic E-state index is -1.19. The maximum Gasteiger partial charge on any atom is 0.323 e. The third-order valence-corrected chi connectivity index (χ3v) is 9.96. The maximum absolute atomic E-state index is 11.5. The largest absolute Gasteiger partial charge is 0.487 e. The lowest BCUT2D eigenvalue weighted by Crippen LogP contribution is -2.39. The molecular formula is C38H40BrClN6O6. The molecule has 1 aliphatic rings. The standard InChI is InChI=1S/C38H40BrClN6O6/c39-37-25(4-1-6-31(37)30-5-2-7-34(32(30)16-42)44-9-3-10-46-11-8-28(48)20-46)22-52-36-14-27(23-51-29-12-24(15-41)17-43-19-29)26(13-33(36)40)18-45-35(21-47)38(49)50/h1-2,4-7,12-14,16-17,19,28,35,42,44-45,47-48H,3,8-11,18,20-23H2,(H,49,50)/t28-,35+/m1/s1. The van der Waals surface area contributed by atoms with Crippen molar-refractivity contribution < 1.29 is 29.6 Å². The van der Waals surface area contributed by atoms with E-state index in [9.17, 15) is 25.4 Å². The Balaban J connectivity index is 1.33. The van der Waals surface area contributed by atoms with Crippen molar-refractivity contribution >= 4 is 45.4 Å². The van der Waals surface area contributed by atoms with E-state index >= 15 is 0 Å². The molecule has 5 rings (SSSR count). The zero-order chi connectivity index (χ0) is 37.0. The van der Waals surface area contributed by atoms with Gasteiger partial charge in [-0.2, -0.15) is 5.26 Å². The molecule has 272 valence electrons. The molecule has 1 aromatic heterocycles. The maximum atomic E-state index is 11.5. The van der Waals surface area contributed by atoms with Crippen molar-refractivity contribution in [2.45, 2.75) is 44.7 Å². The van der Waals surface area contributed by atoms with E-state index in [-0.39, 0.29) is 25.9 Å². The number of halogens is 2. The molecular weight excluding hydrogens is 752 g/mol. The number of rotatable bonds is 18. The SMILES string of the molecule is N#Cc1cncc(OCc2cc(OCc3cccc(-c4cccc(NCCCN5CC[C@@H](O)C5)c4C=N)c3Br)c(Cl)cc2CN[C@@H](CO)C(=O)O)c1. The van der Waals surface area contributed by atoms with Crippen molar-refractivity contribution in [1.82, 2.24) is 15.2 Å². The van der Waals surface area contributed by atoms with Crippen LogP contribution in [0.3, 0.4) is 0 Å². The zero-order valence-electron chi connectivity index (χ0n) is 28.3. The zero-order valence-corrected chi connectivity index (χ0v) is 30.7. The smallest absolute Gasteiger partial charge is 0.323 e. The fourth-order valence-corrected chi connectivity index (χ4v) is 6.77. The van der Waals surface area contributed by atoms with Crippen molar-refractivity contribution in [3.8, 4) is 28.7 Å². The lowest BCUT2D eigenvalue weighted by atomic mass is 9.97. The summed E-state index contributed by atoms with van der Waals surface area (Å²) in [6.07, 6.45) is 5.77. The van der Waals surface area contributed by atoms with Crippen LogP contribution in [0.2, 0.25) is 5.02 Å². The molecule has 1 fully saturated rings. The van der Waals surface area contributed by atoms with Crippen LogP contribution in [0.4, 0.5) is 5.69 Å². The number of carboxylic acid groups (broad SMARTS) is 1. The van der Waals surface area contributed by atoms with E-state index in [1.165, 1.54) is 18.6 Å². The average Bonchev–Trinajstić information content (AvgIpc) is 3.57. The first kappa shape index (κ1) is 38.7. The van der Waals surface area contributed by atoms with Gasteiger partial charge in [0, 0.05) is 65.9 Å². The molecule has 0 saturated carbocycles. The molecule has 6 N–H and O–H groups in total. The highest BCUT2D eigenvalue weighted by atomic mass is 79.9. The van der Waals surface area contributed by atoms with Crippen LogP contribution in [-0.2, 0) is 24.6 Å². The van der Waals surface area contributed by atoms with E-state index in [0.29, 0.717) is 33.2 Å². The van der Waals surface area contributed by atoms with Gasteiger partial charge in [0.25, 0.3) is 0 Å². The van der Waals surface area contributed by atoms with E-state index in [1.807, 2.05) is 42.5 Å². The quantitative estimate of drug-likeness (QED) is 0.0545. The highest BCUT2D eigenvalue weighted by Gasteiger charge is 2.20. The summed E-state index contributed by atoms with van der Waals surface area (Å²) < 4.78 is 13.0. The van der Waals surface area contributed by atoms with Gasteiger partial charge in [-0.25, -0.2) is 0 Å². The number of benzene rings is 3. The van der Waals surface area contributed by atoms with Gasteiger partial charge in [-0.05, 0) is 75.8 Å². The molecule has 12 nitrogen and oxygen atoms in total. The first-order valence-electron chi connectivity index (χ1n) is 16.7. The number of aliphatic hydroxyl groups is 2. The topological polar surface area (TPSA) is 184 Å². The predicted molar refractivity (Wildman–Crippen MR) is 202 cm³/mol. The molecule has 0 bridgehead atoms. The van der Waals surface area contributed by atoms with Crippen LogP contribution in [0.25, 0.3) is 11.1 Å². The number of nitrogens with one attached hydrogen (secondary N) is 3. The Labute approximate surface area is 315 Å². The Kier molecular flexibility index (Phi) is 14.0. The van der Waals surface area contributed by atoms with Crippen LogP contribution in [-0.4, -0.2) is 82.3 Å². The Morgan fingerprint density at radius 3 is 2.65 bits per heavy atom. The number of carboxylic acids is 1. The Hall–Kier alpha value is -4.55. The number of anilines is 1. The third-order valence-electron chi connectivity index (χ3n) is 8.73. The van der Waals surface area contributed by atoms with Crippen LogP contribution in [0.5, 0.6) is 11.5 Å². The van der Waals surface area contributed by atoms with Gasteiger partial charge in [-0.1, -0.05) is 41.9 Å². The van der Waals surface area contributed by atoms with E-state index in [1.54, 1.807) is 18.2 Å². The second-order valence-electron chi connectivity index (χ2n) is 12.3. The molecule has 2 heterocycles. The third kappa shape index (κ3) is 10.1. The van der Waals surface area contributed by atoms with Crippen molar-refractivity contribution in [3.63, 3.8) is 0 Å². The molecule has 1 aliphatic heterocycles. The fourth-order valence-electron chi connectivity index (χ4n) is 5.93. The predicted octanol–water partition coefficient (Wildman–Crippen LogP) is 5.60. The van der Waals surface area contributed by atoms with E-state index in [2.05, 4.69) is 36.4 Å². The van der Waals surface area contributed by atoms with Gasteiger partial charge in [0.2, 0.25) is 0 Å². The Morgan fingerprint density at radius 2 is 1.92 bits per heavy atom. The van der Waals surface area contributed by atoms with Crippen LogP contribution >= 0.6 is 27.5 Å². The minimum absolute atomic E-state index is 0.0370. The van der Waals surface area contributed by atoms with Crippen LogP contribution in [0.15, 0.2) is 71.5 Å². The number of aliphatic carboxylic acids is 1. The van der Waals surface area contributed by atoms with E-state index in [4.69, 9.17) is 26.5 Å². The molecule has 1 saturated heterocycles. The second-order valence-corrected chi connectivity index (χ2v) is 13.5. The van der Waals surface area contributed by atoms with Gasteiger partial charge in [-0.15, -0.1) is 0 Å². The summed E-state index contributed by atoms with van der Waals surface area (Å²) >= 11 is 10.5. The van der Waals surface area contributed by atoms with Gasteiger partial charge in [-0.3, -0.25) is 15.1 Å². The van der Waals surface area contributed by atoms with Crippen LogP contribution < -0.4 is 20.1 Å². The lowest BCUT2D eigenvalue weighted by molar-refractivity contribution is -0.140. The Morgan fingerprint density at radius 1 is 1.13 bits per heavy atom.